The molecular formula is C16H20N3O4+. The summed E-state index contributed by atoms with van der Waals surface area (Å²) < 4.78 is 5.15. The van der Waals surface area contributed by atoms with Gasteiger partial charge in [0.2, 0.25) is 0 Å². The van der Waals surface area contributed by atoms with Crippen molar-refractivity contribution in [1.82, 2.24) is 9.80 Å². The Balaban J connectivity index is 1.71. The van der Waals surface area contributed by atoms with Gasteiger partial charge in [-0.05, 0) is 24.3 Å². The van der Waals surface area contributed by atoms with Crippen molar-refractivity contribution in [2.75, 3.05) is 20.8 Å². The van der Waals surface area contributed by atoms with E-state index in [1.807, 2.05) is 24.3 Å². The maximum Gasteiger partial charge on any atom is 0.338 e. The quantitative estimate of drug-likeness (QED) is 0.573. The molecule has 1 N–H and O–H groups in total. The summed E-state index contributed by atoms with van der Waals surface area (Å²) >= 11 is 0. The Kier molecular flexibility index (Phi) is 4.04. The van der Waals surface area contributed by atoms with Gasteiger partial charge in [-0.25, -0.2) is 9.69 Å². The molecule has 0 aromatic heterocycles. The van der Waals surface area contributed by atoms with E-state index in [0.717, 1.165) is 38.9 Å². The van der Waals surface area contributed by atoms with Gasteiger partial charge in [0, 0.05) is 25.5 Å². The largest absolute Gasteiger partial charge is 0.497 e. The third kappa shape index (κ3) is 3.05. The monoisotopic (exact) mass is 318 g/mol. The zero-order chi connectivity index (χ0) is 16.6. The summed E-state index contributed by atoms with van der Waals surface area (Å²) in [4.78, 5) is 38.6. The molecule has 1 aromatic carbocycles. The van der Waals surface area contributed by atoms with E-state index in [1.54, 1.807) is 7.11 Å². The summed E-state index contributed by atoms with van der Waals surface area (Å²) in [5, 5.41) is 0. The molecule has 1 unspecified atom stereocenters. The Labute approximate surface area is 134 Å². The van der Waals surface area contributed by atoms with Gasteiger partial charge < -0.3 is 9.64 Å². The van der Waals surface area contributed by atoms with Crippen molar-refractivity contribution in [3.8, 4) is 5.75 Å². The van der Waals surface area contributed by atoms with E-state index in [0.29, 0.717) is 12.6 Å². The molecule has 7 nitrogen and oxygen atoms in total. The van der Waals surface area contributed by atoms with Gasteiger partial charge in [-0.1, -0.05) is 0 Å². The van der Waals surface area contributed by atoms with Crippen LogP contribution in [0, 0.1) is 0 Å². The van der Waals surface area contributed by atoms with Gasteiger partial charge in [-0.3, -0.25) is 14.5 Å². The highest BCUT2D eigenvalue weighted by atomic mass is 16.5. The fourth-order valence-corrected chi connectivity index (χ4v) is 2.78. The van der Waals surface area contributed by atoms with E-state index >= 15 is 0 Å². The molecule has 0 radical (unpaired) electrons. The lowest BCUT2D eigenvalue weighted by atomic mass is 10.2. The van der Waals surface area contributed by atoms with Crippen LogP contribution in [0.4, 0.5) is 4.79 Å². The number of hydrogen-bond donors (Lipinski definition) is 1. The number of ether oxygens (including phenoxy) is 1. The highest BCUT2D eigenvalue weighted by Gasteiger charge is 2.46. The van der Waals surface area contributed by atoms with Gasteiger partial charge in [0.25, 0.3) is 0 Å². The Morgan fingerprint density at radius 3 is 2.26 bits per heavy atom. The topological polar surface area (TPSA) is 71.4 Å². The van der Waals surface area contributed by atoms with Crippen LogP contribution >= 0.6 is 0 Å². The van der Waals surface area contributed by atoms with Crippen molar-refractivity contribution in [2.24, 2.45) is 0 Å². The van der Waals surface area contributed by atoms with Gasteiger partial charge in [-0.15, -0.1) is 0 Å². The van der Waals surface area contributed by atoms with E-state index < -0.39 is 17.8 Å². The molecule has 2 fully saturated rings. The van der Waals surface area contributed by atoms with Crippen LogP contribution < -0.4 is 9.64 Å². The number of amides is 4. The zero-order valence-electron chi connectivity index (χ0n) is 13.2. The average molecular weight is 318 g/mol. The first-order valence-corrected chi connectivity index (χ1v) is 7.62. The number of likely N-dealkylation sites (N-methyl/N-ethyl adjacent to an activating group) is 1. The van der Waals surface area contributed by atoms with E-state index in [-0.39, 0.29) is 6.67 Å². The summed E-state index contributed by atoms with van der Waals surface area (Å²) in [5.74, 6) is -0.696. The highest BCUT2D eigenvalue weighted by molar-refractivity contribution is 6.44. The van der Waals surface area contributed by atoms with Gasteiger partial charge in [0.05, 0.1) is 13.2 Å². The number of benzene rings is 1. The van der Waals surface area contributed by atoms with Crippen LogP contribution in [0.3, 0.4) is 0 Å². The fourth-order valence-electron chi connectivity index (χ4n) is 2.78. The van der Waals surface area contributed by atoms with Crippen LogP contribution in [-0.2, 0) is 16.1 Å². The van der Waals surface area contributed by atoms with Crippen molar-refractivity contribution in [2.45, 2.75) is 25.4 Å². The fraction of sp³-hybridized carbons (Fsp3) is 0.438. The summed E-state index contributed by atoms with van der Waals surface area (Å²) in [6.45, 7) is 0.925. The van der Waals surface area contributed by atoms with Gasteiger partial charge >= 0.3 is 17.8 Å². The molecule has 1 aliphatic heterocycles. The Morgan fingerprint density at radius 1 is 1.13 bits per heavy atom. The molecule has 3 rings (SSSR count). The van der Waals surface area contributed by atoms with Crippen molar-refractivity contribution >= 4 is 17.8 Å². The third-order valence-corrected chi connectivity index (χ3v) is 4.36. The zero-order valence-corrected chi connectivity index (χ0v) is 13.2. The summed E-state index contributed by atoms with van der Waals surface area (Å²) in [6.07, 6.45) is 2.15. The Bertz CT molecular complexity index is 639. The number of urea groups is 1. The molecule has 122 valence electrons. The summed E-state index contributed by atoms with van der Waals surface area (Å²) in [5.41, 5.74) is 1.10. The lowest BCUT2D eigenvalue weighted by molar-refractivity contribution is -0.931. The van der Waals surface area contributed by atoms with Crippen LogP contribution in [0.15, 0.2) is 24.3 Å². The number of imide groups is 2. The summed E-state index contributed by atoms with van der Waals surface area (Å²) in [7, 11) is 2.96. The minimum absolute atomic E-state index is 0.227. The molecule has 1 atom stereocenters. The number of rotatable bonds is 6. The van der Waals surface area contributed by atoms with Crippen LogP contribution in [0.25, 0.3) is 0 Å². The molecule has 1 saturated carbocycles. The molecule has 0 bridgehead atoms. The second-order valence-electron chi connectivity index (χ2n) is 6.00. The van der Waals surface area contributed by atoms with E-state index in [2.05, 4.69) is 0 Å². The van der Waals surface area contributed by atoms with Crippen molar-refractivity contribution in [3.05, 3.63) is 29.8 Å². The number of nitrogens with zero attached hydrogens (tertiary/aromatic N) is 2. The molecule has 1 aromatic rings. The maximum absolute atomic E-state index is 12.0. The number of carbonyl (C=O) groups is 3. The molecule has 1 aliphatic carbocycles. The smallest absolute Gasteiger partial charge is 0.338 e. The van der Waals surface area contributed by atoms with Crippen molar-refractivity contribution < 1.29 is 24.0 Å². The summed E-state index contributed by atoms with van der Waals surface area (Å²) in [6, 6.07) is 7.64. The molecule has 1 saturated heterocycles. The van der Waals surface area contributed by atoms with E-state index in [9.17, 15) is 14.4 Å². The van der Waals surface area contributed by atoms with Crippen molar-refractivity contribution in [3.63, 3.8) is 0 Å². The number of nitrogens with one attached hydrogen (secondary N) is 1. The average Bonchev–Trinajstić information content (AvgIpc) is 3.39. The molecule has 1 heterocycles. The Hall–Kier alpha value is -2.41. The molecule has 4 amide bonds. The van der Waals surface area contributed by atoms with E-state index in [1.165, 1.54) is 7.05 Å². The minimum Gasteiger partial charge on any atom is -0.497 e. The standard InChI is InChI=1S/C16H19N3O4/c1-17-14(20)15(21)19(16(17)22)10-18(12-5-6-12)9-11-3-7-13(23-2)8-4-11/h3-4,7-8,12H,5-6,9-10H2,1-2H3/p+1. The van der Waals surface area contributed by atoms with Gasteiger partial charge in [0.15, 0.2) is 6.67 Å². The molecule has 7 heteroatoms. The molecular weight excluding hydrogens is 298 g/mol. The number of quaternary nitrogens is 1. The maximum atomic E-state index is 12.0. The first kappa shape index (κ1) is 15.5. The normalized spacial score (nSPS) is 19.5. The highest BCUT2D eigenvalue weighted by Crippen LogP contribution is 2.17. The van der Waals surface area contributed by atoms with Crippen LogP contribution in [0.5, 0.6) is 5.75 Å². The lowest BCUT2D eigenvalue weighted by Gasteiger charge is -2.23. The predicted molar refractivity (Wildman–Crippen MR) is 80.6 cm³/mol. The second kappa shape index (κ2) is 6.00. The van der Waals surface area contributed by atoms with Crippen molar-refractivity contribution in [1.29, 1.82) is 0 Å². The third-order valence-electron chi connectivity index (χ3n) is 4.36. The van der Waals surface area contributed by atoms with E-state index in [4.69, 9.17) is 4.74 Å². The number of methoxy groups -OCH3 is 1. The number of carbonyl (C=O) groups excluding carboxylic acids is 3. The van der Waals surface area contributed by atoms with Crippen LogP contribution in [0.2, 0.25) is 0 Å². The SMILES string of the molecule is COc1ccc(C[NH+](CN2C(=O)C(=O)N(C)C2=O)C2CC2)cc1. The second-order valence-corrected chi connectivity index (χ2v) is 6.00. The number of hydrogen-bond acceptors (Lipinski definition) is 4. The molecule has 2 aliphatic rings. The lowest BCUT2D eigenvalue weighted by Crippen LogP contribution is -3.13. The molecule has 0 spiro atoms. The predicted octanol–water partition coefficient (Wildman–Crippen LogP) is -0.379. The first-order valence-electron chi connectivity index (χ1n) is 7.62. The van der Waals surface area contributed by atoms with Gasteiger partial charge in [0.1, 0.15) is 12.3 Å². The first-order chi connectivity index (χ1) is 11.0. The molecule has 23 heavy (non-hydrogen) atoms. The van der Waals surface area contributed by atoms with Gasteiger partial charge in [-0.2, -0.15) is 0 Å². The van der Waals surface area contributed by atoms with Crippen LogP contribution in [-0.4, -0.2) is 54.5 Å². The Morgan fingerprint density at radius 2 is 1.78 bits per heavy atom. The minimum atomic E-state index is -0.755. The van der Waals surface area contributed by atoms with Crippen LogP contribution in [0.1, 0.15) is 18.4 Å².